The van der Waals surface area contributed by atoms with Gasteiger partial charge in [-0.2, -0.15) is 4.80 Å². The minimum atomic E-state index is 0.0632. The molecule has 3 aromatic rings. The van der Waals surface area contributed by atoms with E-state index in [2.05, 4.69) is 32.9 Å². The number of nitrogens with one attached hydrogen (secondary N) is 1. The molecule has 7 heteroatoms. The number of hydrogen-bond donors (Lipinski definition) is 1. The normalized spacial score (nSPS) is 16.9. The van der Waals surface area contributed by atoms with Gasteiger partial charge in [-0.25, -0.2) is 0 Å². The van der Waals surface area contributed by atoms with Crippen molar-refractivity contribution >= 4 is 11.6 Å². The van der Waals surface area contributed by atoms with Crippen molar-refractivity contribution in [3.63, 3.8) is 0 Å². The van der Waals surface area contributed by atoms with E-state index in [0.717, 1.165) is 30.6 Å². The summed E-state index contributed by atoms with van der Waals surface area (Å²) in [6.45, 7) is 1.50. The van der Waals surface area contributed by atoms with Gasteiger partial charge in [0.05, 0.1) is 7.05 Å². The molecule has 1 amide bonds. The summed E-state index contributed by atoms with van der Waals surface area (Å²) in [6.07, 6.45) is 2.06. The number of para-hydroxylation sites is 1. The van der Waals surface area contributed by atoms with Gasteiger partial charge in [-0.05, 0) is 42.3 Å². The number of carbonyl (C=O) groups excluding carboxylic acids is 1. The van der Waals surface area contributed by atoms with Crippen LogP contribution in [0, 0.1) is 0 Å². The van der Waals surface area contributed by atoms with Crippen molar-refractivity contribution in [3.05, 3.63) is 60.2 Å². The van der Waals surface area contributed by atoms with Crippen LogP contribution in [0.5, 0.6) is 0 Å². The summed E-state index contributed by atoms with van der Waals surface area (Å²) >= 11 is 0. The van der Waals surface area contributed by atoms with E-state index in [1.165, 1.54) is 4.80 Å². The molecule has 1 aromatic heterocycles. The highest BCUT2D eigenvalue weighted by molar-refractivity contribution is 5.94. The summed E-state index contributed by atoms with van der Waals surface area (Å²) in [5.74, 6) is 0.620. The monoisotopic (exact) mass is 362 g/mol. The molecule has 2 aromatic carbocycles. The largest absolute Gasteiger partial charge is 0.381 e. The van der Waals surface area contributed by atoms with Crippen molar-refractivity contribution in [2.45, 2.75) is 18.9 Å². The number of benzene rings is 2. The molecule has 0 radical (unpaired) electrons. The Hall–Kier alpha value is -3.22. The highest BCUT2D eigenvalue weighted by Gasteiger charge is 2.24. The van der Waals surface area contributed by atoms with Gasteiger partial charge in [0.2, 0.25) is 5.82 Å². The molecule has 1 atom stereocenters. The summed E-state index contributed by atoms with van der Waals surface area (Å²) in [6, 6.07) is 17.8. The number of aromatic nitrogens is 4. The standard InChI is InChI=1S/C20H22N6O/c1-25-23-19(22-24-25)15-9-11-16(12-10-15)20(27)26-13-5-8-18(14-26)21-17-6-3-2-4-7-17/h2-4,6-7,9-12,18,21H,5,8,13-14H2,1H3. The van der Waals surface area contributed by atoms with E-state index in [4.69, 9.17) is 0 Å². The van der Waals surface area contributed by atoms with Crippen LogP contribution in [0.25, 0.3) is 11.4 Å². The maximum absolute atomic E-state index is 12.9. The Morgan fingerprint density at radius 3 is 2.59 bits per heavy atom. The predicted octanol–water partition coefficient (Wildman–Crippen LogP) is 2.59. The lowest BCUT2D eigenvalue weighted by atomic mass is 10.0. The summed E-state index contributed by atoms with van der Waals surface area (Å²) in [5.41, 5.74) is 2.63. The van der Waals surface area contributed by atoms with Gasteiger partial charge in [-0.1, -0.05) is 30.3 Å². The highest BCUT2D eigenvalue weighted by Crippen LogP contribution is 2.20. The summed E-state index contributed by atoms with van der Waals surface area (Å²) in [4.78, 5) is 16.2. The molecule has 0 aliphatic carbocycles. The predicted molar refractivity (Wildman–Crippen MR) is 103 cm³/mol. The molecule has 27 heavy (non-hydrogen) atoms. The molecule has 0 saturated carbocycles. The number of aryl methyl sites for hydroxylation is 1. The van der Waals surface area contributed by atoms with Crippen LogP contribution in [0.3, 0.4) is 0 Å². The van der Waals surface area contributed by atoms with Crippen molar-refractivity contribution in [1.29, 1.82) is 0 Å². The van der Waals surface area contributed by atoms with Crippen LogP contribution in [0.4, 0.5) is 5.69 Å². The first-order valence-electron chi connectivity index (χ1n) is 9.14. The first-order chi connectivity index (χ1) is 13.2. The number of carbonyl (C=O) groups is 1. The lowest BCUT2D eigenvalue weighted by molar-refractivity contribution is 0.0715. The van der Waals surface area contributed by atoms with E-state index >= 15 is 0 Å². The van der Waals surface area contributed by atoms with Crippen LogP contribution in [0.2, 0.25) is 0 Å². The molecule has 4 rings (SSSR count). The van der Waals surface area contributed by atoms with Gasteiger partial charge in [-0.15, -0.1) is 10.2 Å². The zero-order valence-electron chi connectivity index (χ0n) is 15.2. The molecule has 1 N–H and O–H groups in total. The molecule has 1 aliphatic rings. The zero-order chi connectivity index (χ0) is 18.6. The van der Waals surface area contributed by atoms with Crippen molar-refractivity contribution in [1.82, 2.24) is 25.1 Å². The minimum absolute atomic E-state index is 0.0632. The maximum atomic E-state index is 12.9. The van der Waals surface area contributed by atoms with Gasteiger partial charge in [0.15, 0.2) is 0 Å². The van der Waals surface area contributed by atoms with Crippen LogP contribution in [0.1, 0.15) is 23.2 Å². The fourth-order valence-electron chi connectivity index (χ4n) is 3.39. The van der Waals surface area contributed by atoms with E-state index < -0.39 is 0 Å². The van der Waals surface area contributed by atoms with Crippen molar-refractivity contribution in [2.24, 2.45) is 7.05 Å². The summed E-state index contributed by atoms with van der Waals surface area (Å²) < 4.78 is 0. The molecule has 1 aliphatic heterocycles. The average Bonchev–Trinajstić information content (AvgIpc) is 3.15. The fourth-order valence-corrected chi connectivity index (χ4v) is 3.39. The third-order valence-corrected chi connectivity index (χ3v) is 4.75. The molecule has 0 spiro atoms. The molecule has 1 fully saturated rings. The van der Waals surface area contributed by atoms with Crippen LogP contribution in [0.15, 0.2) is 54.6 Å². The first kappa shape index (κ1) is 17.2. The molecule has 0 bridgehead atoms. The molecular weight excluding hydrogens is 340 g/mol. The average molecular weight is 362 g/mol. The second-order valence-electron chi connectivity index (χ2n) is 6.78. The summed E-state index contributed by atoms with van der Waals surface area (Å²) in [5, 5.41) is 15.6. The van der Waals surface area contributed by atoms with Gasteiger partial charge in [-0.3, -0.25) is 4.79 Å². The quantitative estimate of drug-likeness (QED) is 0.772. The van der Waals surface area contributed by atoms with Gasteiger partial charge >= 0.3 is 0 Å². The molecule has 1 unspecified atom stereocenters. The van der Waals surface area contributed by atoms with Crippen LogP contribution < -0.4 is 5.32 Å². The third kappa shape index (κ3) is 3.97. The second-order valence-corrected chi connectivity index (χ2v) is 6.78. The number of likely N-dealkylation sites (tertiary alicyclic amines) is 1. The zero-order valence-corrected chi connectivity index (χ0v) is 15.2. The van der Waals surface area contributed by atoms with Crippen molar-refractivity contribution in [3.8, 4) is 11.4 Å². The number of nitrogens with zero attached hydrogens (tertiary/aromatic N) is 5. The third-order valence-electron chi connectivity index (χ3n) is 4.75. The first-order valence-corrected chi connectivity index (χ1v) is 9.14. The Labute approximate surface area is 158 Å². The van der Waals surface area contributed by atoms with Gasteiger partial charge in [0, 0.05) is 35.9 Å². The Bertz CT molecular complexity index is 906. The van der Waals surface area contributed by atoms with Crippen molar-refractivity contribution < 1.29 is 4.79 Å². The Morgan fingerprint density at radius 2 is 1.89 bits per heavy atom. The number of rotatable bonds is 4. The lowest BCUT2D eigenvalue weighted by Gasteiger charge is -2.33. The van der Waals surface area contributed by atoms with E-state index in [9.17, 15) is 4.79 Å². The Balaban J connectivity index is 1.42. The van der Waals surface area contributed by atoms with Crippen molar-refractivity contribution in [2.75, 3.05) is 18.4 Å². The van der Waals surface area contributed by atoms with Crippen LogP contribution in [-0.2, 0) is 7.05 Å². The smallest absolute Gasteiger partial charge is 0.253 e. The van der Waals surface area contributed by atoms with E-state index in [0.29, 0.717) is 17.9 Å². The maximum Gasteiger partial charge on any atom is 0.253 e. The molecular formula is C20H22N6O. The second kappa shape index (κ2) is 7.57. The SMILES string of the molecule is Cn1nnc(-c2ccc(C(=O)N3CCCC(Nc4ccccc4)C3)cc2)n1. The number of amides is 1. The minimum Gasteiger partial charge on any atom is -0.381 e. The van der Waals surface area contributed by atoms with E-state index in [-0.39, 0.29) is 11.9 Å². The van der Waals surface area contributed by atoms with E-state index in [1.54, 1.807) is 7.05 Å². The molecule has 1 saturated heterocycles. The molecule has 2 heterocycles. The lowest BCUT2D eigenvalue weighted by Crippen LogP contribution is -2.45. The fraction of sp³-hybridized carbons (Fsp3) is 0.300. The van der Waals surface area contributed by atoms with Crippen LogP contribution >= 0.6 is 0 Å². The highest BCUT2D eigenvalue weighted by atomic mass is 16.2. The number of anilines is 1. The van der Waals surface area contributed by atoms with Crippen LogP contribution in [-0.4, -0.2) is 50.1 Å². The molecule has 7 nitrogen and oxygen atoms in total. The van der Waals surface area contributed by atoms with E-state index in [1.807, 2.05) is 47.4 Å². The topological polar surface area (TPSA) is 75.9 Å². The Morgan fingerprint density at radius 1 is 1.11 bits per heavy atom. The number of hydrogen-bond acceptors (Lipinski definition) is 5. The Kier molecular flexibility index (Phi) is 4.82. The number of piperidine rings is 1. The van der Waals surface area contributed by atoms with Gasteiger partial charge in [0.1, 0.15) is 0 Å². The number of tetrazole rings is 1. The van der Waals surface area contributed by atoms with Gasteiger partial charge in [0.25, 0.3) is 5.91 Å². The van der Waals surface area contributed by atoms with Gasteiger partial charge < -0.3 is 10.2 Å². The molecule has 138 valence electrons. The summed E-state index contributed by atoms with van der Waals surface area (Å²) in [7, 11) is 1.73.